The smallest absolute Gasteiger partial charge is 0.277 e. The summed E-state index contributed by atoms with van der Waals surface area (Å²) in [6.45, 7) is -2.74. The quantitative estimate of drug-likeness (QED) is 0.0785. The standard InChI is InChI=1S/C22H32Cl2N2O12/c23-10-1-2-15(12(24)3-10)37-9-18(31)26-25-4-13(29)19(32)11(14(30)5-27)7-36-8-17-21(34)22(35)20(33)16(6-28)38-17/h1-4,11,13-14,16-17,19-22,27-30,32-35H,5-9H2,(H,26,31)/b25-4+. The molecule has 9 N–H and O–H groups in total. The number of halogens is 2. The second-order valence-electron chi connectivity index (χ2n) is 8.48. The average Bonchev–Trinajstić information content (AvgIpc) is 2.89. The highest BCUT2D eigenvalue weighted by Crippen LogP contribution is 2.27. The molecule has 2 rings (SSSR count). The van der Waals surface area contributed by atoms with Gasteiger partial charge >= 0.3 is 0 Å². The van der Waals surface area contributed by atoms with Gasteiger partial charge in [-0.3, -0.25) is 4.79 Å². The molecule has 1 aliphatic heterocycles. The van der Waals surface area contributed by atoms with Gasteiger partial charge in [0.05, 0.1) is 49.9 Å². The zero-order valence-electron chi connectivity index (χ0n) is 20.0. The van der Waals surface area contributed by atoms with E-state index in [-0.39, 0.29) is 17.4 Å². The molecule has 0 aromatic heterocycles. The van der Waals surface area contributed by atoms with E-state index in [9.17, 15) is 45.6 Å². The first-order chi connectivity index (χ1) is 18.0. The predicted octanol–water partition coefficient (Wildman–Crippen LogP) is -2.98. The number of carbonyl (C=O) groups excluding carboxylic acids is 1. The first-order valence-electron chi connectivity index (χ1n) is 11.4. The van der Waals surface area contributed by atoms with Crippen LogP contribution in [0.2, 0.25) is 10.0 Å². The maximum Gasteiger partial charge on any atom is 0.277 e. The van der Waals surface area contributed by atoms with E-state index in [4.69, 9.17) is 37.4 Å². The monoisotopic (exact) mass is 586 g/mol. The van der Waals surface area contributed by atoms with Crippen LogP contribution in [0, 0.1) is 5.92 Å². The molecular weight excluding hydrogens is 555 g/mol. The van der Waals surface area contributed by atoms with Gasteiger partial charge in [-0.2, -0.15) is 5.10 Å². The third-order valence-electron chi connectivity index (χ3n) is 5.72. The van der Waals surface area contributed by atoms with Gasteiger partial charge in [0.25, 0.3) is 5.91 Å². The minimum atomic E-state index is -1.73. The van der Waals surface area contributed by atoms with Gasteiger partial charge in [-0.15, -0.1) is 0 Å². The van der Waals surface area contributed by atoms with E-state index >= 15 is 0 Å². The lowest BCUT2D eigenvalue weighted by Gasteiger charge is -2.40. The van der Waals surface area contributed by atoms with E-state index in [2.05, 4.69) is 10.5 Å². The highest BCUT2D eigenvalue weighted by atomic mass is 35.5. The molecule has 1 heterocycles. The maximum atomic E-state index is 11.9. The first-order valence-corrected chi connectivity index (χ1v) is 12.2. The summed E-state index contributed by atoms with van der Waals surface area (Å²) in [5, 5.41) is 83.1. The molecule has 0 spiro atoms. The van der Waals surface area contributed by atoms with Crippen LogP contribution in [0.5, 0.6) is 5.75 Å². The van der Waals surface area contributed by atoms with E-state index in [1.807, 2.05) is 0 Å². The first kappa shape index (κ1) is 32.6. The zero-order valence-corrected chi connectivity index (χ0v) is 21.5. The summed E-state index contributed by atoms with van der Waals surface area (Å²) in [4.78, 5) is 11.9. The number of hydrazone groups is 1. The lowest BCUT2D eigenvalue weighted by atomic mass is 9.93. The maximum absolute atomic E-state index is 11.9. The molecule has 9 atom stereocenters. The van der Waals surface area contributed by atoms with Crippen molar-refractivity contribution in [2.24, 2.45) is 11.0 Å². The van der Waals surface area contributed by atoms with Crippen LogP contribution in [0.25, 0.3) is 0 Å². The normalized spacial score (nSPS) is 27.1. The third kappa shape index (κ3) is 9.22. The number of nitrogens with one attached hydrogen (secondary N) is 1. The fourth-order valence-corrected chi connectivity index (χ4v) is 3.97. The van der Waals surface area contributed by atoms with Crippen LogP contribution in [0.4, 0.5) is 0 Å². The summed E-state index contributed by atoms with van der Waals surface area (Å²) < 4.78 is 15.9. The van der Waals surface area contributed by atoms with Crippen LogP contribution >= 0.6 is 23.2 Å². The number of rotatable bonds is 14. The van der Waals surface area contributed by atoms with Crippen LogP contribution in [0.15, 0.2) is 23.3 Å². The SMILES string of the molecule is O=C(COc1ccc(Cl)cc1Cl)N/N=C/C(O)C(O)C(COCC1OC(CO)C(O)C(O)C1O)C(O)CO. The number of amides is 1. The third-order valence-corrected chi connectivity index (χ3v) is 6.25. The number of nitrogens with zero attached hydrogens (tertiary/aromatic N) is 1. The number of carbonyl (C=O) groups is 1. The Balaban J connectivity index is 1.86. The Kier molecular flexibility index (Phi) is 13.5. The Morgan fingerprint density at radius 2 is 1.79 bits per heavy atom. The van der Waals surface area contributed by atoms with Crippen molar-refractivity contribution < 1.29 is 59.9 Å². The van der Waals surface area contributed by atoms with Crippen LogP contribution in [0.1, 0.15) is 0 Å². The van der Waals surface area contributed by atoms with Crippen molar-refractivity contribution in [3.05, 3.63) is 28.2 Å². The van der Waals surface area contributed by atoms with Crippen molar-refractivity contribution in [1.29, 1.82) is 0 Å². The van der Waals surface area contributed by atoms with Gasteiger partial charge in [0.1, 0.15) is 42.4 Å². The van der Waals surface area contributed by atoms with E-state index in [1.54, 1.807) is 0 Å². The summed E-state index contributed by atoms with van der Waals surface area (Å²) in [7, 11) is 0. The Morgan fingerprint density at radius 1 is 1.11 bits per heavy atom. The molecule has 0 bridgehead atoms. The molecule has 0 radical (unpaired) electrons. The fraction of sp³-hybridized carbons (Fsp3) is 0.636. The molecule has 0 aliphatic carbocycles. The summed E-state index contributed by atoms with van der Waals surface area (Å²) in [6.07, 6.45) is -11.2. The van der Waals surface area contributed by atoms with Crippen molar-refractivity contribution in [2.45, 2.75) is 48.8 Å². The van der Waals surface area contributed by atoms with Gasteiger partial charge in [-0.25, -0.2) is 5.43 Å². The lowest BCUT2D eigenvalue weighted by molar-refractivity contribution is -0.240. The molecule has 9 unspecified atom stereocenters. The number of hydrogen-bond donors (Lipinski definition) is 9. The minimum Gasteiger partial charge on any atom is -0.482 e. The van der Waals surface area contributed by atoms with Crippen molar-refractivity contribution in [1.82, 2.24) is 5.43 Å². The average molecular weight is 587 g/mol. The summed E-state index contributed by atoms with van der Waals surface area (Å²) >= 11 is 11.7. The number of aliphatic hydroxyl groups excluding tert-OH is 8. The molecule has 1 saturated heterocycles. The van der Waals surface area contributed by atoms with Gasteiger partial charge < -0.3 is 55.1 Å². The summed E-state index contributed by atoms with van der Waals surface area (Å²) in [6, 6.07) is 4.41. The minimum absolute atomic E-state index is 0.189. The Bertz CT molecular complexity index is 911. The molecule has 1 aliphatic rings. The highest BCUT2D eigenvalue weighted by molar-refractivity contribution is 6.35. The second-order valence-corrected chi connectivity index (χ2v) is 9.32. The largest absolute Gasteiger partial charge is 0.482 e. The highest BCUT2D eigenvalue weighted by Gasteiger charge is 2.43. The van der Waals surface area contributed by atoms with E-state index in [1.165, 1.54) is 18.2 Å². The van der Waals surface area contributed by atoms with Crippen molar-refractivity contribution in [2.75, 3.05) is 33.0 Å². The van der Waals surface area contributed by atoms with Gasteiger partial charge in [-0.1, -0.05) is 23.2 Å². The second kappa shape index (κ2) is 15.8. The zero-order chi connectivity index (χ0) is 28.4. The van der Waals surface area contributed by atoms with Crippen molar-refractivity contribution in [3.8, 4) is 5.75 Å². The molecule has 14 nitrogen and oxygen atoms in total. The van der Waals surface area contributed by atoms with Crippen LogP contribution < -0.4 is 10.2 Å². The van der Waals surface area contributed by atoms with E-state index in [0.29, 0.717) is 5.02 Å². The Labute approximate surface area is 227 Å². The number of benzene rings is 1. The molecule has 1 aromatic rings. The summed E-state index contributed by atoms with van der Waals surface area (Å²) in [5.74, 6) is -1.78. The van der Waals surface area contributed by atoms with Crippen LogP contribution in [-0.4, -0.2) is 135 Å². The molecule has 1 fully saturated rings. The van der Waals surface area contributed by atoms with Crippen LogP contribution in [-0.2, 0) is 14.3 Å². The molecule has 1 amide bonds. The summed E-state index contributed by atoms with van der Waals surface area (Å²) in [5.41, 5.74) is 2.07. The Hall–Kier alpha value is -1.66. The number of hydrogen-bond acceptors (Lipinski definition) is 13. The van der Waals surface area contributed by atoms with Gasteiger partial charge in [-0.05, 0) is 18.2 Å². The van der Waals surface area contributed by atoms with Gasteiger partial charge in [0.2, 0.25) is 0 Å². The molecular formula is C22H32Cl2N2O12. The van der Waals surface area contributed by atoms with Gasteiger partial charge in [0.15, 0.2) is 6.61 Å². The lowest BCUT2D eigenvalue weighted by Crippen LogP contribution is -2.59. The molecule has 16 heteroatoms. The van der Waals surface area contributed by atoms with Crippen molar-refractivity contribution >= 4 is 35.3 Å². The van der Waals surface area contributed by atoms with Gasteiger partial charge in [0, 0.05) is 10.9 Å². The number of aliphatic hydroxyl groups is 8. The van der Waals surface area contributed by atoms with Crippen molar-refractivity contribution in [3.63, 3.8) is 0 Å². The number of ether oxygens (including phenoxy) is 3. The van der Waals surface area contributed by atoms with Crippen LogP contribution in [0.3, 0.4) is 0 Å². The van der Waals surface area contributed by atoms with E-state index in [0.717, 1.165) is 6.21 Å². The molecule has 216 valence electrons. The molecule has 1 aromatic carbocycles. The van der Waals surface area contributed by atoms with E-state index < -0.39 is 87.1 Å². The molecule has 0 saturated carbocycles. The topological polar surface area (TPSA) is 231 Å². The fourth-order valence-electron chi connectivity index (χ4n) is 3.50. The predicted molar refractivity (Wildman–Crippen MR) is 132 cm³/mol. The Morgan fingerprint density at radius 3 is 2.42 bits per heavy atom. The molecule has 38 heavy (non-hydrogen) atoms.